The molecule has 0 aromatic heterocycles. The highest BCUT2D eigenvalue weighted by Gasteiger charge is 2.03. The molecule has 0 aliphatic rings. The first kappa shape index (κ1) is 14.3. The van der Waals surface area contributed by atoms with E-state index in [-0.39, 0.29) is 5.91 Å². The Bertz CT molecular complexity index is 576. The molecule has 0 atom stereocenters. The summed E-state index contributed by atoms with van der Waals surface area (Å²) in [4.78, 5) is 11.8. The van der Waals surface area contributed by atoms with Crippen LogP contribution in [0.25, 0.3) is 0 Å². The molecule has 0 saturated carbocycles. The molecular weight excluding hydrogens is 248 g/mol. The van der Waals surface area contributed by atoms with Gasteiger partial charge in [0.05, 0.1) is 6.54 Å². The van der Waals surface area contributed by atoms with E-state index in [1.54, 1.807) is 0 Å². The smallest absolute Gasteiger partial charge is 0.238 e. The fourth-order valence-corrected chi connectivity index (χ4v) is 1.93. The van der Waals surface area contributed by atoms with E-state index in [1.807, 2.05) is 31.2 Å². The summed E-state index contributed by atoms with van der Waals surface area (Å²) in [6.07, 6.45) is 0. The van der Waals surface area contributed by atoms with Crippen LogP contribution in [-0.2, 0) is 11.3 Å². The molecule has 0 spiro atoms. The van der Waals surface area contributed by atoms with Gasteiger partial charge >= 0.3 is 0 Å². The fourth-order valence-electron chi connectivity index (χ4n) is 1.93. The summed E-state index contributed by atoms with van der Waals surface area (Å²) in [7, 11) is 0. The second kappa shape index (κ2) is 6.87. The molecular formula is C17H20N2O. The minimum atomic E-state index is -0.0218. The second-order valence-corrected chi connectivity index (χ2v) is 4.95. The molecule has 0 aliphatic carbocycles. The molecule has 2 N–H and O–H groups in total. The van der Waals surface area contributed by atoms with Crippen molar-refractivity contribution in [1.82, 2.24) is 5.32 Å². The highest BCUT2D eigenvalue weighted by atomic mass is 16.1. The molecule has 3 nitrogen and oxygen atoms in total. The molecule has 2 aromatic carbocycles. The Kier molecular flexibility index (Phi) is 4.91. The average Bonchev–Trinajstić information content (AvgIpc) is 2.44. The number of carbonyl (C=O) groups is 1. The molecule has 2 aromatic rings. The van der Waals surface area contributed by atoms with Gasteiger partial charge in [0.1, 0.15) is 0 Å². The van der Waals surface area contributed by atoms with Gasteiger partial charge in [0.15, 0.2) is 0 Å². The molecule has 1 amide bonds. The van der Waals surface area contributed by atoms with E-state index in [0.29, 0.717) is 13.1 Å². The van der Waals surface area contributed by atoms with Crippen LogP contribution < -0.4 is 10.6 Å². The Labute approximate surface area is 120 Å². The Morgan fingerprint density at radius 2 is 1.70 bits per heavy atom. The van der Waals surface area contributed by atoms with Crippen molar-refractivity contribution in [3.8, 4) is 0 Å². The zero-order chi connectivity index (χ0) is 14.4. The van der Waals surface area contributed by atoms with Gasteiger partial charge in [-0.3, -0.25) is 4.79 Å². The van der Waals surface area contributed by atoms with Crippen LogP contribution >= 0.6 is 0 Å². The Morgan fingerprint density at radius 3 is 2.40 bits per heavy atom. The van der Waals surface area contributed by atoms with Gasteiger partial charge in [-0.1, -0.05) is 48.0 Å². The van der Waals surface area contributed by atoms with E-state index >= 15 is 0 Å². The second-order valence-electron chi connectivity index (χ2n) is 4.95. The maximum Gasteiger partial charge on any atom is 0.238 e. The normalized spacial score (nSPS) is 10.3. The van der Waals surface area contributed by atoms with Crippen LogP contribution in [0.15, 0.2) is 48.5 Å². The first-order valence-electron chi connectivity index (χ1n) is 6.77. The molecule has 0 saturated heterocycles. The minimum Gasteiger partial charge on any atom is -0.325 e. The lowest BCUT2D eigenvalue weighted by atomic mass is 10.1. The van der Waals surface area contributed by atoms with Crippen LogP contribution in [0.4, 0.5) is 5.69 Å². The van der Waals surface area contributed by atoms with Crippen LogP contribution in [0.2, 0.25) is 0 Å². The zero-order valence-corrected chi connectivity index (χ0v) is 11.9. The number of hydrogen-bond acceptors (Lipinski definition) is 2. The number of amides is 1. The van der Waals surface area contributed by atoms with Gasteiger partial charge in [-0.05, 0) is 31.0 Å². The zero-order valence-electron chi connectivity index (χ0n) is 11.9. The van der Waals surface area contributed by atoms with Crippen molar-refractivity contribution in [3.05, 3.63) is 65.2 Å². The summed E-state index contributed by atoms with van der Waals surface area (Å²) in [5, 5.41) is 6.05. The van der Waals surface area contributed by atoms with E-state index in [4.69, 9.17) is 0 Å². The topological polar surface area (TPSA) is 41.1 Å². The first-order chi connectivity index (χ1) is 9.65. The van der Waals surface area contributed by atoms with Crippen molar-refractivity contribution in [2.75, 3.05) is 11.9 Å². The third-order valence-corrected chi connectivity index (χ3v) is 3.15. The lowest BCUT2D eigenvalue weighted by Gasteiger charge is -2.09. The number of rotatable bonds is 5. The Hall–Kier alpha value is -2.13. The van der Waals surface area contributed by atoms with Crippen molar-refractivity contribution in [2.45, 2.75) is 20.4 Å². The van der Waals surface area contributed by atoms with Gasteiger partial charge in [-0.2, -0.15) is 0 Å². The summed E-state index contributed by atoms with van der Waals surface area (Å²) < 4.78 is 0. The van der Waals surface area contributed by atoms with Crippen molar-refractivity contribution in [2.24, 2.45) is 0 Å². The number of aryl methyl sites for hydroxylation is 2. The van der Waals surface area contributed by atoms with Crippen LogP contribution in [0.1, 0.15) is 16.7 Å². The van der Waals surface area contributed by atoms with E-state index in [2.05, 4.69) is 41.8 Å². The molecule has 104 valence electrons. The largest absolute Gasteiger partial charge is 0.325 e. The lowest BCUT2D eigenvalue weighted by Crippen LogP contribution is -2.27. The Morgan fingerprint density at radius 1 is 1.00 bits per heavy atom. The standard InChI is InChI=1S/C17H20N2O/c1-13-7-9-15(10-8-13)11-18-12-17(20)19-16-6-4-3-5-14(16)2/h3-10,18H,11-12H2,1-2H3,(H,19,20). The number of anilines is 1. The highest BCUT2D eigenvalue weighted by Crippen LogP contribution is 2.12. The third-order valence-electron chi connectivity index (χ3n) is 3.15. The summed E-state index contributed by atoms with van der Waals surface area (Å²) in [6, 6.07) is 16.1. The number of hydrogen-bond donors (Lipinski definition) is 2. The molecule has 0 bridgehead atoms. The molecule has 0 heterocycles. The summed E-state index contributed by atoms with van der Waals surface area (Å²) in [5.41, 5.74) is 4.36. The predicted octanol–water partition coefficient (Wildman–Crippen LogP) is 3.03. The highest BCUT2D eigenvalue weighted by molar-refractivity contribution is 5.92. The van der Waals surface area contributed by atoms with Gasteiger partial charge in [0, 0.05) is 12.2 Å². The minimum absolute atomic E-state index is 0.0218. The molecule has 3 heteroatoms. The van der Waals surface area contributed by atoms with Crippen molar-refractivity contribution in [3.63, 3.8) is 0 Å². The van der Waals surface area contributed by atoms with E-state index in [9.17, 15) is 4.79 Å². The van der Waals surface area contributed by atoms with E-state index in [1.165, 1.54) is 11.1 Å². The number of para-hydroxylation sites is 1. The predicted molar refractivity (Wildman–Crippen MR) is 82.7 cm³/mol. The first-order valence-corrected chi connectivity index (χ1v) is 6.77. The van der Waals surface area contributed by atoms with Crippen molar-refractivity contribution >= 4 is 11.6 Å². The SMILES string of the molecule is Cc1ccc(CNCC(=O)Nc2ccccc2C)cc1. The molecule has 0 radical (unpaired) electrons. The van der Waals surface area contributed by atoms with Crippen LogP contribution in [0.5, 0.6) is 0 Å². The summed E-state index contributed by atoms with van der Waals surface area (Å²) >= 11 is 0. The Balaban J connectivity index is 1.78. The van der Waals surface area contributed by atoms with Crippen LogP contribution in [0.3, 0.4) is 0 Å². The quantitative estimate of drug-likeness (QED) is 0.875. The van der Waals surface area contributed by atoms with Crippen LogP contribution in [-0.4, -0.2) is 12.5 Å². The van der Waals surface area contributed by atoms with Crippen LogP contribution in [0, 0.1) is 13.8 Å². The molecule has 2 rings (SSSR count). The van der Waals surface area contributed by atoms with Gasteiger partial charge in [-0.15, -0.1) is 0 Å². The number of benzene rings is 2. The average molecular weight is 268 g/mol. The van der Waals surface area contributed by atoms with Crippen molar-refractivity contribution < 1.29 is 4.79 Å². The molecule has 0 fully saturated rings. The van der Waals surface area contributed by atoms with Gasteiger partial charge in [-0.25, -0.2) is 0 Å². The summed E-state index contributed by atoms with van der Waals surface area (Å²) in [6.45, 7) is 5.05. The van der Waals surface area contributed by atoms with Gasteiger partial charge in [0.25, 0.3) is 0 Å². The molecule has 0 aliphatic heterocycles. The van der Waals surface area contributed by atoms with Gasteiger partial charge in [0.2, 0.25) is 5.91 Å². The lowest BCUT2D eigenvalue weighted by molar-refractivity contribution is -0.115. The fraction of sp³-hybridized carbons (Fsp3) is 0.235. The maximum absolute atomic E-state index is 11.8. The number of nitrogens with one attached hydrogen (secondary N) is 2. The molecule has 0 unspecified atom stereocenters. The number of carbonyl (C=O) groups excluding carboxylic acids is 1. The molecule has 20 heavy (non-hydrogen) atoms. The van der Waals surface area contributed by atoms with Gasteiger partial charge < -0.3 is 10.6 Å². The van der Waals surface area contributed by atoms with Crippen molar-refractivity contribution in [1.29, 1.82) is 0 Å². The monoisotopic (exact) mass is 268 g/mol. The third kappa shape index (κ3) is 4.21. The maximum atomic E-state index is 11.8. The van der Waals surface area contributed by atoms with E-state index < -0.39 is 0 Å². The van der Waals surface area contributed by atoms with E-state index in [0.717, 1.165) is 11.3 Å². The summed E-state index contributed by atoms with van der Waals surface area (Å²) in [5.74, 6) is -0.0218.